The smallest absolute Gasteiger partial charge is 0.144 e. The fraction of sp³-hybridized carbons (Fsp3) is 0. The first-order chi connectivity index (χ1) is 10.6. The van der Waals surface area contributed by atoms with E-state index in [1.165, 1.54) is 11.8 Å². The van der Waals surface area contributed by atoms with Crippen LogP contribution >= 0.6 is 23.4 Å². The van der Waals surface area contributed by atoms with Crippen molar-refractivity contribution in [1.29, 1.82) is 5.41 Å². The van der Waals surface area contributed by atoms with E-state index in [9.17, 15) is 0 Å². The van der Waals surface area contributed by atoms with Crippen LogP contribution in [0.1, 0.15) is 5.69 Å². The van der Waals surface area contributed by atoms with Gasteiger partial charge in [0.15, 0.2) is 0 Å². The van der Waals surface area contributed by atoms with Crippen molar-refractivity contribution in [1.82, 2.24) is 9.78 Å². The minimum Gasteiger partial charge on any atom is -0.382 e. The molecule has 3 aromatic rings. The van der Waals surface area contributed by atoms with Crippen molar-refractivity contribution in [3.63, 3.8) is 0 Å². The van der Waals surface area contributed by atoms with Crippen molar-refractivity contribution in [2.75, 3.05) is 0 Å². The molecule has 0 radical (unpaired) electrons. The van der Waals surface area contributed by atoms with Crippen molar-refractivity contribution in [3.05, 3.63) is 71.5 Å². The number of nitrogens with two attached hydrogens (primary N) is 1. The highest BCUT2D eigenvalue weighted by atomic mass is 35.5. The Balaban J connectivity index is 1.97. The van der Waals surface area contributed by atoms with Gasteiger partial charge in [-0.05, 0) is 36.4 Å². The van der Waals surface area contributed by atoms with E-state index in [0.717, 1.165) is 15.5 Å². The normalized spacial score (nSPS) is 10.6. The summed E-state index contributed by atoms with van der Waals surface area (Å²) in [6.45, 7) is 0. The van der Waals surface area contributed by atoms with Crippen molar-refractivity contribution in [2.24, 2.45) is 5.73 Å². The van der Waals surface area contributed by atoms with Gasteiger partial charge in [0, 0.05) is 16.1 Å². The lowest BCUT2D eigenvalue weighted by atomic mass is 10.3. The van der Waals surface area contributed by atoms with E-state index in [1.807, 2.05) is 60.8 Å². The summed E-state index contributed by atoms with van der Waals surface area (Å²) >= 11 is 7.40. The molecule has 0 bridgehead atoms. The molecule has 0 fully saturated rings. The van der Waals surface area contributed by atoms with Gasteiger partial charge in [-0.1, -0.05) is 41.6 Å². The second-order valence-electron chi connectivity index (χ2n) is 4.59. The number of nitrogens with one attached hydrogen (secondary N) is 1. The fourth-order valence-corrected chi connectivity index (χ4v) is 3.01. The van der Waals surface area contributed by atoms with Crippen molar-refractivity contribution in [2.45, 2.75) is 9.79 Å². The lowest BCUT2D eigenvalue weighted by Gasteiger charge is -2.00. The third-order valence-corrected chi connectivity index (χ3v) is 4.28. The molecular weight excluding hydrogens is 316 g/mol. The van der Waals surface area contributed by atoms with Crippen LogP contribution in [0, 0.1) is 5.41 Å². The van der Waals surface area contributed by atoms with Crippen LogP contribution in [0.5, 0.6) is 0 Å². The molecule has 0 saturated heterocycles. The van der Waals surface area contributed by atoms with Crippen LogP contribution < -0.4 is 5.73 Å². The Morgan fingerprint density at radius 2 is 1.77 bits per heavy atom. The van der Waals surface area contributed by atoms with E-state index in [-0.39, 0.29) is 5.84 Å². The third-order valence-electron chi connectivity index (χ3n) is 3.00. The zero-order valence-electron chi connectivity index (χ0n) is 11.5. The molecule has 0 aliphatic rings. The molecule has 0 aliphatic carbocycles. The molecule has 1 heterocycles. The number of aromatic nitrogens is 2. The Morgan fingerprint density at radius 3 is 2.41 bits per heavy atom. The van der Waals surface area contributed by atoms with Crippen LogP contribution in [-0.2, 0) is 0 Å². The number of benzene rings is 2. The monoisotopic (exact) mass is 328 g/mol. The standard InChI is InChI=1S/C16H13ClN4S/c17-11-6-8-13(9-7-11)22-14-10-21(20-15(14)16(18)19)12-4-2-1-3-5-12/h1-10H,(H3,18,19). The lowest BCUT2D eigenvalue weighted by Crippen LogP contribution is -2.13. The topological polar surface area (TPSA) is 67.7 Å². The predicted molar refractivity (Wildman–Crippen MR) is 90.2 cm³/mol. The highest BCUT2D eigenvalue weighted by molar-refractivity contribution is 7.99. The van der Waals surface area contributed by atoms with Gasteiger partial charge in [-0.25, -0.2) is 4.68 Å². The van der Waals surface area contributed by atoms with Gasteiger partial charge < -0.3 is 5.73 Å². The van der Waals surface area contributed by atoms with Crippen molar-refractivity contribution < 1.29 is 0 Å². The predicted octanol–water partition coefficient (Wildman–Crippen LogP) is 3.96. The third kappa shape index (κ3) is 3.16. The second-order valence-corrected chi connectivity index (χ2v) is 6.14. The van der Waals surface area contributed by atoms with Crippen LogP contribution in [0.3, 0.4) is 0 Å². The average molecular weight is 329 g/mol. The maximum atomic E-state index is 7.72. The molecule has 0 unspecified atom stereocenters. The summed E-state index contributed by atoms with van der Waals surface area (Å²) in [5.74, 6) is -0.0499. The Kier molecular flexibility index (Phi) is 4.18. The highest BCUT2D eigenvalue weighted by Crippen LogP contribution is 2.31. The maximum absolute atomic E-state index is 7.72. The Bertz CT molecular complexity index is 797. The zero-order chi connectivity index (χ0) is 15.5. The number of amidine groups is 1. The van der Waals surface area contributed by atoms with Crippen LogP contribution in [0.2, 0.25) is 5.02 Å². The van der Waals surface area contributed by atoms with Crippen LogP contribution in [0.15, 0.2) is 70.6 Å². The second kappa shape index (κ2) is 6.25. The summed E-state index contributed by atoms with van der Waals surface area (Å²) < 4.78 is 1.73. The van der Waals surface area contributed by atoms with Crippen LogP contribution in [-0.4, -0.2) is 15.6 Å². The average Bonchev–Trinajstić information content (AvgIpc) is 2.95. The molecule has 1 aromatic heterocycles. The quantitative estimate of drug-likeness (QED) is 0.562. The molecule has 22 heavy (non-hydrogen) atoms. The maximum Gasteiger partial charge on any atom is 0.144 e. The SMILES string of the molecule is N=C(N)c1nn(-c2ccccc2)cc1Sc1ccc(Cl)cc1. The number of halogens is 1. The van der Waals surface area contributed by atoms with Gasteiger partial charge in [0.1, 0.15) is 11.5 Å². The number of nitrogens with zero attached hydrogens (tertiary/aromatic N) is 2. The first-order valence-electron chi connectivity index (χ1n) is 6.56. The molecule has 0 atom stereocenters. The molecule has 0 aliphatic heterocycles. The van der Waals surface area contributed by atoms with Crippen LogP contribution in [0.4, 0.5) is 0 Å². The summed E-state index contributed by atoms with van der Waals surface area (Å²) in [4.78, 5) is 1.85. The van der Waals surface area contributed by atoms with Gasteiger partial charge in [0.05, 0.1) is 10.6 Å². The molecule has 0 spiro atoms. The number of nitrogen functional groups attached to an aromatic ring is 1. The lowest BCUT2D eigenvalue weighted by molar-refractivity contribution is 0.874. The molecular formula is C16H13ClN4S. The van der Waals surface area contributed by atoms with Gasteiger partial charge in [0.2, 0.25) is 0 Å². The zero-order valence-corrected chi connectivity index (χ0v) is 13.1. The fourth-order valence-electron chi connectivity index (χ4n) is 1.96. The van der Waals surface area contributed by atoms with E-state index in [1.54, 1.807) is 4.68 Å². The van der Waals surface area contributed by atoms with Gasteiger partial charge in [0.25, 0.3) is 0 Å². The summed E-state index contributed by atoms with van der Waals surface area (Å²) in [5.41, 5.74) is 7.06. The first-order valence-corrected chi connectivity index (χ1v) is 7.76. The minimum atomic E-state index is -0.0499. The molecule has 0 amide bonds. The molecule has 0 saturated carbocycles. The summed E-state index contributed by atoms with van der Waals surface area (Å²) in [6, 6.07) is 17.3. The molecule has 3 N–H and O–H groups in total. The number of para-hydroxylation sites is 1. The van der Waals surface area contributed by atoms with Gasteiger partial charge in [-0.2, -0.15) is 5.10 Å². The minimum absolute atomic E-state index is 0.0499. The first kappa shape index (κ1) is 14.7. The largest absolute Gasteiger partial charge is 0.382 e. The summed E-state index contributed by atoms with van der Waals surface area (Å²) in [6.07, 6.45) is 1.88. The Hall–Kier alpha value is -2.24. The van der Waals surface area contributed by atoms with Gasteiger partial charge in [-0.3, -0.25) is 5.41 Å². The molecule has 6 heteroatoms. The molecule has 3 rings (SSSR count). The van der Waals surface area contributed by atoms with Crippen molar-refractivity contribution in [3.8, 4) is 5.69 Å². The molecule has 110 valence electrons. The Morgan fingerprint density at radius 1 is 1.09 bits per heavy atom. The van der Waals surface area contributed by atoms with E-state index in [2.05, 4.69) is 5.10 Å². The highest BCUT2D eigenvalue weighted by Gasteiger charge is 2.14. The number of hydrogen-bond donors (Lipinski definition) is 2. The van der Waals surface area contributed by atoms with E-state index >= 15 is 0 Å². The van der Waals surface area contributed by atoms with Gasteiger partial charge in [-0.15, -0.1) is 0 Å². The van der Waals surface area contributed by atoms with Crippen LogP contribution in [0.25, 0.3) is 5.69 Å². The Labute approximate surface area is 137 Å². The molecule has 2 aromatic carbocycles. The van der Waals surface area contributed by atoms with Crippen molar-refractivity contribution >= 4 is 29.2 Å². The van der Waals surface area contributed by atoms with Gasteiger partial charge >= 0.3 is 0 Å². The van der Waals surface area contributed by atoms with E-state index < -0.39 is 0 Å². The van der Waals surface area contributed by atoms with E-state index in [0.29, 0.717) is 10.7 Å². The number of rotatable bonds is 4. The number of hydrogen-bond acceptors (Lipinski definition) is 3. The summed E-state index contributed by atoms with van der Waals surface area (Å²) in [5, 5.41) is 12.8. The summed E-state index contributed by atoms with van der Waals surface area (Å²) in [7, 11) is 0. The van der Waals surface area contributed by atoms with E-state index in [4.69, 9.17) is 22.7 Å². The molecule has 4 nitrogen and oxygen atoms in total.